The molecule has 0 radical (unpaired) electrons. The van der Waals surface area contributed by atoms with Gasteiger partial charge in [0.2, 0.25) is 0 Å². The zero-order valence-corrected chi connectivity index (χ0v) is 11.8. The van der Waals surface area contributed by atoms with Crippen LogP contribution in [0.1, 0.15) is 5.56 Å². The molecule has 0 heterocycles. The van der Waals surface area contributed by atoms with Crippen molar-refractivity contribution >= 4 is 11.9 Å². The molecule has 0 atom stereocenters. The Morgan fingerprint density at radius 1 is 1.40 bits per heavy atom. The topological polar surface area (TPSA) is 58.6 Å². The number of benzene rings is 1. The molecule has 0 aliphatic carbocycles. The van der Waals surface area contributed by atoms with Crippen molar-refractivity contribution < 1.29 is 56.5 Å². The molecule has 0 amide bonds. The molecule has 1 aromatic rings. The summed E-state index contributed by atoms with van der Waals surface area (Å²) >= 11 is 0. The Labute approximate surface area is 133 Å². The number of nitrogens with zero attached hydrogens (tertiary/aromatic N) is 1. The van der Waals surface area contributed by atoms with E-state index in [1.54, 1.807) is 30.8 Å². The molecular formula is C11H12KN2O-. The summed E-state index contributed by atoms with van der Waals surface area (Å²) in [7, 11) is 0. The molecule has 0 bridgehead atoms. The fourth-order valence-corrected chi connectivity index (χ4v) is 0.834. The van der Waals surface area contributed by atoms with E-state index in [-0.39, 0.29) is 58.0 Å². The maximum absolute atomic E-state index is 8.43. The average Bonchev–Trinajstić information content (AvgIpc) is 2.21. The largest absolute Gasteiger partial charge is 1.00 e. The van der Waals surface area contributed by atoms with Crippen LogP contribution in [0.4, 0.5) is 5.69 Å². The van der Waals surface area contributed by atoms with Gasteiger partial charge in [-0.1, -0.05) is 18.3 Å². The fourth-order valence-electron chi connectivity index (χ4n) is 0.834. The van der Waals surface area contributed by atoms with Gasteiger partial charge in [-0.15, -0.1) is 23.9 Å². The van der Waals surface area contributed by atoms with E-state index in [9.17, 15) is 0 Å². The van der Waals surface area contributed by atoms with Crippen LogP contribution in [0.2, 0.25) is 0 Å². The molecule has 0 aliphatic heterocycles. The van der Waals surface area contributed by atoms with Gasteiger partial charge in [0.05, 0.1) is 0 Å². The van der Waals surface area contributed by atoms with Gasteiger partial charge in [0, 0.05) is 5.69 Å². The van der Waals surface area contributed by atoms with Crippen LogP contribution in [-0.4, -0.2) is 17.9 Å². The van der Waals surface area contributed by atoms with Crippen molar-refractivity contribution in [1.29, 1.82) is 0 Å². The van der Waals surface area contributed by atoms with Crippen molar-refractivity contribution in [3.8, 4) is 0 Å². The summed E-state index contributed by atoms with van der Waals surface area (Å²) in [6.07, 6.45) is 7.62. The fraction of sp³-hybridized carbons (Fsp3) is 0.0909. The maximum Gasteiger partial charge on any atom is 1.00 e. The van der Waals surface area contributed by atoms with Gasteiger partial charge in [0.1, 0.15) is 0 Å². The summed E-state index contributed by atoms with van der Waals surface area (Å²) in [6.45, 7) is 0.0217. The molecule has 3 nitrogen and oxygen atoms in total. The first-order valence-electron chi connectivity index (χ1n) is 4.23. The maximum atomic E-state index is 8.43. The molecular weight excluding hydrogens is 215 g/mol. The monoisotopic (exact) mass is 227 g/mol. The van der Waals surface area contributed by atoms with Crippen molar-refractivity contribution in [2.45, 2.75) is 0 Å². The van der Waals surface area contributed by atoms with Crippen LogP contribution >= 0.6 is 0 Å². The van der Waals surface area contributed by atoms with E-state index in [0.717, 1.165) is 11.3 Å². The average molecular weight is 227 g/mol. The van der Waals surface area contributed by atoms with Crippen LogP contribution in [0.5, 0.6) is 0 Å². The minimum Gasteiger partial charge on any atom is -0.410 e. The van der Waals surface area contributed by atoms with Crippen molar-refractivity contribution in [3.05, 3.63) is 48.5 Å². The smallest absolute Gasteiger partial charge is 0.410 e. The van der Waals surface area contributed by atoms with Crippen molar-refractivity contribution in [2.75, 3.05) is 12.3 Å². The van der Waals surface area contributed by atoms with Crippen LogP contribution in [0, 0.1) is 6.42 Å². The first kappa shape index (κ1) is 14.9. The number of aliphatic hydroxyl groups is 1. The second kappa shape index (κ2) is 9.15. The van der Waals surface area contributed by atoms with Gasteiger partial charge in [-0.05, 0) is 6.61 Å². The molecule has 4 heteroatoms. The van der Waals surface area contributed by atoms with Crippen LogP contribution in [0.25, 0.3) is 0 Å². The second-order valence-electron chi connectivity index (χ2n) is 2.62. The van der Waals surface area contributed by atoms with Gasteiger partial charge in [0.15, 0.2) is 0 Å². The van der Waals surface area contributed by atoms with Gasteiger partial charge >= 0.3 is 51.4 Å². The third-order valence-corrected chi connectivity index (χ3v) is 1.51. The molecule has 0 saturated heterocycles. The molecule has 0 spiro atoms. The van der Waals surface area contributed by atoms with Crippen LogP contribution in [0.3, 0.4) is 0 Å². The molecule has 0 aliphatic rings. The quantitative estimate of drug-likeness (QED) is 0.278. The Balaban J connectivity index is 0.00000196. The molecule has 0 unspecified atom stereocenters. The van der Waals surface area contributed by atoms with E-state index >= 15 is 0 Å². The summed E-state index contributed by atoms with van der Waals surface area (Å²) < 4.78 is 0. The molecule has 74 valence electrons. The number of nitrogens with two attached hydrogens (primary N) is 1. The second-order valence-corrected chi connectivity index (χ2v) is 2.62. The van der Waals surface area contributed by atoms with Gasteiger partial charge in [-0.2, -0.15) is 0 Å². The zero-order chi connectivity index (χ0) is 10.2. The number of hydrogen-bond donors (Lipinski definition) is 2. The summed E-state index contributed by atoms with van der Waals surface area (Å²) in [5.41, 5.74) is 7.11. The van der Waals surface area contributed by atoms with Gasteiger partial charge in [0.25, 0.3) is 0 Å². The van der Waals surface area contributed by atoms with Crippen LogP contribution in [-0.2, 0) is 0 Å². The Kier molecular flexibility index (Phi) is 9.08. The summed E-state index contributed by atoms with van der Waals surface area (Å²) in [5.74, 6) is 0. The van der Waals surface area contributed by atoms with E-state index < -0.39 is 0 Å². The molecule has 1 aromatic carbocycles. The summed E-state index contributed by atoms with van der Waals surface area (Å²) in [5, 5.41) is 8.43. The predicted octanol–water partition coefficient (Wildman–Crippen LogP) is -1.72. The Bertz CT molecular complexity index is 320. The van der Waals surface area contributed by atoms with Gasteiger partial charge in [-0.3, -0.25) is 0 Å². The number of aliphatic imine (C=N–C) groups is 1. The Hall–Kier alpha value is -0.104. The number of rotatable bonds is 4. The van der Waals surface area contributed by atoms with Crippen molar-refractivity contribution in [3.63, 3.8) is 0 Å². The normalized spacial score (nSPS) is 10.5. The van der Waals surface area contributed by atoms with E-state index in [4.69, 9.17) is 10.8 Å². The van der Waals surface area contributed by atoms with Crippen molar-refractivity contribution in [2.24, 2.45) is 4.99 Å². The zero-order valence-electron chi connectivity index (χ0n) is 8.72. The van der Waals surface area contributed by atoms with Crippen LogP contribution in [0.15, 0.2) is 41.5 Å². The summed E-state index contributed by atoms with van der Waals surface area (Å²) in [4.78, 5) is 3.90. The minimum absolute atomic E-state index is 0. The molecule has 0 saturated carbocycles. The van der Waals surface area contributed by atoms with Crippen LogP contribution < -0.4 is 57.1 Å². The molecule has 15 heavy (non-hydrogen) atoms. The third-order valence-electron chi connectivity index (χ3n) is 1.51. The SMILES string of the molecule is Nc1ccc([C-]=N/C=C\[CH-]CO)cc1.[K+]. The number of anilines is 1. The third kappa shape index (κ3) is 6.89. The molecule has 1 rings (SSSR count). The van der Waals surface area contributed by atoms with Gasteiger partial charge < -0.3 is 15.8 Å². The molecule has 0 aromatic heterocycles. The predicted molar refractivity (Wildman–Crippen MR) is 57.9 cm³/mol. The van der Waals surface area contributed by atoms with E-state index in [0.29, 0.717) is 0 Å². The Morgan fingerprint density at radius 3 is 2.67 bits per heavy atom. The first-order chi connectivity index (χ1) is 6.83. The van der Waals surface area contributed by atoms with Gasteiger partial charge in [-0.25, -0.2) is 12.5 Å². The summed E-state index contributed by atoms with van der Waals surface area (Å²) in [6, 6.07) is 7.26. The van der Waals surface area contributed by atoms with Crippen molar-refractivity contribution in [1.82, 2.24) is 0 Å². The minimum atomic E-state index is 0. The first-order valence-corrected chi connectivity index (χ1v) is 4.23. The molecule has 3 N–H and O–H groups in total. The van der Waals surface area contributed by atoms with E-state index in [1.165, 1.54) is 0 Å². The van der Waals surface area contributed by atoms with E-state index in [2.05, 4.69) is 11.2 Å². The number of hydrogen-bond acceptors (Lipinski definition) is 3. The standard InChI is InChI=1S/C11H12N2O.K/c12-11-5-3-10(4-6-11)9-13-7-1-2-8-14;/h1-7,14H,8,12H2;/q-2;+1/b7-1-;. The number of nitrogen functional groups attached to an aromatic ring is 1. The molecule has 0 fully saturated rings. The Morgan fingerprint density at radius 2 is 2.07 bits per heavy atom. The van der Waals surface area contributed by atoms with E-state index in [1.807, 2.05) is 12.1 Å². The number of aliphatic hydroxyl groups excluding tert-OH is 1.